The Morgan fingerprint density at radius 3 is 2.43 bits per heavy atom. The van der Waals surface area contributed by atoms with Crippen molar-refractivity contribution in [2.24, 2.45) is 51.6 Å². The minimum atomic E-state index is 0.0303. The second kappa shape index (κ2) is 7.91. The van der Waals surface area contributed by atoms with Gasteiger partial charge in [0, 0.05) is 12.6 Å². The number of hydrogen-bond acceptors (Lipinski definition) is 2. The van der Waals surface area contributed by atoms with Crippen molar-refractivity contribution in [1.29, 1.82) is 0 Å². The maximum Gasteiger partial charge on any atom is 0.0521 e. The second-order valence-corrected chi connectivity index (χ2v) is 12.5. The second-order valence-electron chi connectivity index (χ2n) is 12.5. The molecule has 0 spiro atoms. The van der Waals surface area contributed by atoms with Crippen LogP contribution in [0.3, 0.4) is 0 Å². The van der Waals surface area contributed by atoms with Crippen molar-refractivity contribution in [2.45, 2.75) is 104 Å². The Bertz CT molecular complexity index is 647. The summed E-state index contributed by atoms with van der Waals surface area (Å²) in [6.45, 7) is 15.2. The zero-order valence-electron chi connectivity index (χ0n) is 20.6. The lowest BCUT2D eigenvalue weighted by Gasteiger charge is -2.69. The number of fused-ring (bicyclic) bond motifs is 5. The first-order valence-corrected chi connectivity index (χ1v) is 13.1. The molecule has 4 aliphatic rings. The lowest BCUT2D eigenvalue weighted by molar-refractivity contribution is -0.185. The van der Waals surface area contributed by atoms with Crippen LogP contribution in [0.15, 0.2) is 12.7 Å². The third-order valence-electron chi connectivity index (χ3n) is 11.5. The number of rotatable bonds is 6. The molecule has 2 N–H and O–H groups in total. The van der Waals surface area contributed by atoms with Gasteiger partial charge >= 0.3 is 0 Å². The molecule has 0 aromatic rings. The minimum absolute atomic E-state index is 0.0303. The monoisotopic (exact) mass is 415 g/mol. The van der Waals surface area contributed by atoms with Gasteiger partial charge in [-0.15, -0.1) is 6.58 Å². The van der Waals surface area contributed by atoms with Gasteiger partial charge < -0.3 is 10.5 Å². The lowest BCUT2D eigenvalue weighted by Crippen LogP contribution is -2.70. The molecule has 9 atom stereocenters. The van der Waals surface area contributed by atoms with Crippen molar-refractivity contribution in [3.8, 4) is 0 Å². The van der Waals surface area contributed by atoms with Gasteiger partial charge in [0.15, 0.2) is 0 Å². The van der Waals surface area contributed by atoms with E-state index in [-0.39, 0.29) is 5.54 Å². The van der Waals surface area contributed by atoms with E-state index < -0.39 is 0 Å². The summed E-state index contributed by atoms with van der Waals surface area (Å²) < 4.78 is 5.80. The molecule has 0 saturated heterocycles. The summed E-state index contributed by atoms with van der Waals surface area (Å²) in [7, 11) is 1.90. The van der Waals surface area contributed by atoms with Crippen LogP contribution in [0.5, 0.6) is 0 Å². The van der Waals surface area contributed by atoms with Crippen LogP contribution in [0.2, 0.25) is 0 Å². The minimum Gasteiger partial charge on any atom is -0.384 e. The highest BCUT2D eigenvalue weighted by molar-refractivity contribution is 5.20. The summed E-state index contributed by atoms with van der Waals surface area (Å²) in [4.78, 5) is 0. The Morgan fingerprint density at radius 2 is 1.77 bits per heavy atom. The molecular weight excluding hydrogens is 366 g/mol. The molecule has 4 rings (SSSR count). The molecule has 0 radical (unpaired) electrons. The van der Waals surface area contributed by atoms with Gasteiger partial charge in [0.25, 0.3) is 0 Å². The van der Waals surface area contributed by atoms with Crippen molar-refractivity contribution in [3.05, 3.63) is 12.7 Å². The molecule has 0 aromatic heterocycles. The maximum absolute atomic E-state index is 7.57. The lowest BCUT2D eigenvalue weighted by atomic mass is 9.37. The van der Waals surface area contributed by atoms with E-state index in [2.05, 4.69) is 40.3 Å². The highest BCUT2D eigenvalue weighted by Crippen LogP contribution is 2.71. The zero-order valence-corrected chi connectivity index (χ0v) is 20.6. The van der Waals surface area contributed by atoms with Crippen molar-refractivity contribution in [1.82, 2.24) is 0 Å². The Morgan fingerprint density at radius 1 is 1.03 bits per heavy atom. The molecule has 0 aliphatic heterocycles. The van der Waals surface area contributed by atoms with Gasteiger partial charge in [0.2, 0.25) is 0 Å². The molecule has 2 nitrogen and oxygen atoms in total. The summed E-state index contributed by atoms with van der Waals surface area (Å²) in [6, 6.07) is 0. The number of allylic oxidation sites excluding steroid dienone is 1. The van der Waals surface area contributed by atoms with Crippen LogP contribution in [-0.4, -0.2) is 19.3 Å². The first-order chi connectivity index (χ1) is 14.2. The van der Waals surface area contributed by atoms with Crippen molar-refractivity contribution in [3.63, 3.8) is 0 Å². The van der Waals surface area contributed by atoms with Crippen LogP contribution in [0.1, 0.15) is 98.3 Å². The van der Waals surface area contributed by atoms with Gasteiger partial charge in [-0.1, -0.05) is 46.6 Å². The van der Waals surface area contributed by atoms with Crippen molar-refractivity contribution in [2.75, 3.05) is 13.7 Å². The zero-order chi connectivity index (χ0) is 21.8. The van der Waals surface area contributed by atoms with E-state index in [4.69, 9.17) is 10.5 Å². The highest BCUT2D eigenvalue weighted by Gasteiger charge is 2.67. The van der Waals surface area contributed by atoms with E-state index in [1.54, 1.807) is 0 Å². The average Bonchev–Trinajstić information content (AvgIpc) is 3.13. The van der Waals surface area contributed by atoms with E-state index in [1.165, 1.54) is 70.6 Å². The normalized spacial score (nSPS) is 51.5. The first-order valence-electron chi connectivity index (χ1n) is 13.1. The molecule has 0 heterocycles. The maximum atomic E-state index is 7.57. The third kappa shape index (κ3) is 3.02. The predicted octanol–water partition coefficient (Wildman–Crippen LogP) is 6.98. The van der Waals surface area contributed by atoms with Crippen LogP contribution in [0.25, 0.3) is 0 Å². The summed E-state index contributed by atoms with van der Waals surface area (Å²) >= 11 is 0. The first kappa shape index (κ1) is 22.8. The predicted molar refractivity (Wildman–Crippen MR) is 127 cm³/mol. The van der Waals surface area contributed by atoms with E-state index in [9.17, 15) is 0 Å². The van der Waals surface area contributed by atoms with Gasteiger partial charge in [-0.3, -0.25) is 0 Å². The van der Waals surface area contributed by atoms with Crippen molar-refractivity contribution < 1.29 is 4.74 Å². The summed E-state index contributed by atoms with van der Waals surface area (Å²) in [5.41, 5.74) is 8.79. The molecule has 9 unspecified atom stereocenters. The van der Waals surface area contributed by atoms with E-state index >= 15 is 0 Å². The van der Waals surface area contributed by atoms with Gasteiger partial charge in [0.05, 0.1) is 6.61 Å². The highest BCUT2D eigenvalue weighted by atomic mass is 16.5. The number of ether oxygens (including phenoxy) is 1. The van der Waals surface area contributed by atoms with Crippen LogP contribution < -0.4 is 5.73 Å². The summed E-state index contributed by atoms with van der Waals surface area (Å²) in [5, 5.41) is 0. The standard InChI is InChI=1S/C28H49NO/c1-7-14-25(4)21(20(3)8-2)11-16-26(5)22(25)13-18-28(29)23(26)12-17-27(19-30-6)15-9-10-24(27)28/h8,20-24H,2,7,9-19,29H2,1,3-6H3. The SMILES string of the molecule is C=CC(C)C1CCC2(C)C(CCC3(N)C4CCCC4(COC)CCC23)C1(C)CCC. The fraction of sp³-hybridized carbons (Fsp3) is 0.929. The van der Waals surface area contributed by atoms with Gasteiger partial charge in [-0.05, 0) is 104 Å². The Hall–Kier alpha value is -0.340. The topological polar surface area (TPSA) is 35.2 Å². The average molecular weight is 416 g/mol. The number of hydrogen-bond donors (Lipinski definition) is 1. The van der Waals surface area contributed by atoms with Crippen LogP contribution in [-0.2, 0) is 4.74 Å². The molecule has 4 fully saturated rings. The van der Waals surface area contributed by atoms with Crippen LogP contribution >= 0.6 is 0 Å². The van der Waals surface area contributed by atoms with Crippen LogP contribution in [0, 0.1) is 45.8 Å². The van der Waals surface area contributed by atoms with Gasteiger partial charge in [0.1, 0.15) is 0 Å². The Labute approximate surface area is 186 Å². The van der Waals surface area contributed by atoms with Crippen molar-refractivity contribution >= 4 is 0 Å². The number of nitrogens with two attached hydrogens (primary N) is 1. The molecule has 0 amide bonds. The van der Waals surface area contributed by atoms with Gasteiger partial charge in [-0.2, -0.15) is 0 Å². The van der Waals surface area contributed by atoms with E-state index in [1.807, 2.05) is 7.11 Å². The molecule has 0 bridgehead atoms. The molecule has 2 heteroatoms. The fourth-order valence-electron chi connectivity index (χ4n) is 10.4. The molecule has 4 aliphatic carbocycles. The molecule has 4 saturated carbocycles. The Kier molecular flexibility index (Phi) is 6.02. The Balaban J connectivity index is 1.70. The smallest absolute Gasteiger partial charge is 0.0521 e. The third-order valence-corrected chi connectivity index (χ3v) is 11.5. The van der Waals surface area contributed by atoms with Gasteiger partial charge in [-0.25, -0.2) is 0 Å². The summed E-state index contributed by atoms with van der Waals surface area (Å²) in [6.07, 6.45) is 16.9. The quantitative estimate of drug-likeness (QED) is 0.475. The molecular formula is C28H49NO. The summed E-state index contributed by atoms with van der Waals surface area (Å²) in [5.74, 6) is 3.56. The number of methoxy groups -OCH3 is 1. The van der Waals surface area contributed by atoms with Crippen LogP contribution in [0.4, 0.5) is 0 Å². The fourth-order valence-corrected chi connectivity index (χ4v) is 10.4. The molecule has 172 valence electrons. The van der Waals surface area contributed by atoms with E-state index in [0.29, 0.717) is 34.0 Å². The molecule has 30 heavy (non-hydrogen) atoms. The van der Waals surface area contributed by atoms with E-state index in [0.717, 1.165) is 18.4 Å². The molecule has 0 aromatic carbocycles. The largest absolute Gasteiger partial charge is 0.384 e.